The van der Waals surface area contributed by atoms with Crippen LogP contribution in [0.25, 0.3) is 0 Å². The van der Waals surface area contributed by atoms with Crippen LogP contribution in [-0.2, 0) is 0 Å². The molecule has 82 valence electrons. The lowest BCUT2D eigenvalue weighted by molar-refractivity contribution is 0.343. The van der Waals surface area contributed by atoms with Crippen molar-refractivity contribution in [2.45, 2.75) is 19.0 Å². The molecule has 0 saturated heterocycles. The van der Waals surface area contributed by atoms with Gasteiger partial charge in [0.1, 0.15) is 11.8 Å². The molecule has 0 aliphatic heterocycles. The van der Waals surface area contributed by atoms with Crippen LogP contribution in [0.15, 0.2) is 22.9 Å². The normalized spacial score (nSPS) is 9.87. The minimum absolute atomic E-state index is 0.404. The third kappa shape index (κ3) is 4.53. The Labute approximate surface area is 98.9 Å². The maximum atomic E-state index is 5.81. The van der Waals surface area contributed by atoms with E-state index in [2.05, 4.69) is 9.97 Å². The summed E-state index contributed by atoms with van der Waals surface area (Å²) in [6.45, 7) is 4.54. The zero-order chi connectivity index (χ0) is 11.3. The first kappa shape index (κ1) is 12.3. The summed E-state index contributed by atoms with van der Waals surface area (Å²) in [7, 11) is 0. The molecule has 0 atom stereocenters. The lowest BCUT2D eigenvalue weighted by Crippen LogP contribution is -1.98. The first-order valence-electron chi connectivity index (χ1n) is 4.46. The summed E-state index contributed by atoms with van der Waals surface area (Å²) in [4.78, 5) is 8.18. The predicted octanol–water partition coefficient (Wildman–Crippen LogP) is 3.20. The molecule has 0 fully saturated rings. The molecular formula is C10H13ClN2OS. The average molecular weight is 245 g/mol. The Morgan fingerprint density at radius 1 is 1.53 bits per heavy atom. The van der Waals surface area contributed by atoms with Crippen molar-refractivity contribution in [2.75, 3.05) is 12.9 Å². The lowest BCUT2D eigenvalue weighted by Gasteiger charge is -2.04. The third-order valence-corrected chi connectivity index (χ3v) is 2.30. The van der Waals surface area contributed by atoms with Gasteiger partial charge in [-0.25, -0.2) is 4.98 Å². The molecule has 0 aliphatic rings. The summed E-state index contributed by atoms with van der Waals surface area (Å²) in [5.41, 5.74) is 1.21. The van der Waals surface area contributed by atoms with E-state index in [1.807, 2.05) is 26.2 Å². The number of allylic oxidation sites excluding steroid dienone is 1. The van der Waals surface area contributed by atoms with Crippen molar-refractivity contribution < 1.29 is 4.74 Å². The van der Waals surface area contributed by atoms with Crippen molar-refractivity contribution in [3.63, 3.8) is 0 Å². The number of halogens is 1. The van der Waals surface area contributed by atoms with Gasteiger partial charge in [-0.05, 0) is 26.2 Å². The van der Waals surface area contributed by atoms with E-state index in [9.17, 15) is 0 Å². The largest absolute Gasteiger partial charge is 0.473 e. The van der Waals surface area contributed by atoms with Crippen LogP contribution in [0.4, 0.5) is 0 Å². The zero-order valence-corrected chi connectivity index (χ0v) is 10.5. The van der Waals surface area contributed by atoms with E-state index < -0.39 is 0 Å². The Kier molecular flexibility index (Phi) is 4.91. The van der Waals surface area contributed by atoms with Crippen LogP contribution in [0.2, 0.25) is 5.15 Å². The van der Waals surface area contributed by atoms with Crippen molar-refractivity contribution in [1.82, 2.24) is 9.97 Å². The second kappa shape index (κ2) is 5.98. The molecule has 0 saturated carbocycles. The van der Waals surface area contributed by atoms with E-state index in [0.29, 0.717) is 22.8 Å². The number of thioether (sulfide) groups is 1. The molecule has 3 nitrogen and oxygen atoms in total. The molecule has 0 unspecified atom stereocenters. The molecule has 1 aromatic heterocycles. The SMILES string of the molecule is CSc1nc(Cl)cc(OCC=C(C)C)n1. The summed E-state index contributed by atoms with van der Waals surface area (Å²) in [6.07, 6.45) is 3.88. The maximum absolute atomic E-state index is 5.81. The molecule has 15 heavy (non-hydrogen) atoms. The van der Waals surface area contributed by atoms with Crippen molar-refractivity contribution in [3.8, 4) is 5.88 Å². The number of rotatable bonds is 4. The molecule has 1 aromatic rings. The van der Waals surface area contributed by atoms with Gasteiger partial charge in [-0.2, -0.15) is 4.98 Å². The second-order valence-corrected chi connectivity index (χ2v) is 4.27. The molecule has 5 heteroatoms. The lowest BCUT2D eigenvalue weighted by atomic mass is 10.3. The Morgan fingerprint density at radius 3 is 2.87 bits per heavy atom. The molecule has 0 spiro atoms. The molecule has 0 radical (unpaired) electrons. The fourth-order valence-electron chi connectivity index (χ4n) is 0.836. The van der Waals surface area contributed by atoms with Crippen molar-refractivity contribution in [2.24, 2.45) is 0 Å². The number of nitrogens with zero attached hydrogens (tertiary/aromatic N) is 2. The van der Waals surface area contributed by atoms with Crippen LogP contribution in [0, 0.1) is 0 Å². The Bertz CT molecular complexity index is 364. The van der Waals surface area contributed by atoms with Gasteiger partial charge >= 0.3 is 0 Å². The molecule has 0 aromatic carbocycles. The number of hydrogen-bond donors (Lipinski definition) is 0. The fraction of sp³-hybridized carbons (Fsp3) is 0.400. The van der Waals surface area contributed by atoms with E-state index in [1.165, 1.54) is 17.3 Å². The van der Waals surface area contributed by atoms with Gasteiger partial charge in [0, 0.05) is 6.07 Å². The van der Waals surface area contributed by atoms with Gasteiger partial charge < -0.3 is 4.74 Å². The van der Waals surface area contributed by atoms with E-state index in [-0.39, 0.29) is 0 Å². The van der Waals surface area contributed by atoms with Crippen LogP contribution in [0.3, 0.4) is 0 Å². The van der Waals surface area contributed by atoms with Crippen LogP contribution in [0.5, 0.6) is 5.88 Å². The minimum Gasteiger partial charge on any atom is -0.473 e. The highest BCUT2D eigenvalue weighted by molar-refractivity contribution is 7.98. The van der Waals surface area contributed by atoms with E-state index >= 15 is 0 Å². The Balaban J connectivity index is 2.68. The summed E-state index contributed by atoms with van der Waals surface area (Å²) in [6, 6.07) is 1.61. The Hall–Kier alpha value is -0.740. The fourth-order valence-corrected chi connectivity index (χ4v) is 1.43. The summed E-state index contributed by atoms with van der Waals surface area (Å²) in [5.74, 6) is 0.511. The molecule has 0 bridgehead atoms. The van der Waals surface area contributed by atoms with Gasteiger partial charge in [-0.3, -0.25) is 0 Å². The first-order chi connectivity index (χ1) is 7.11. The van der Waals surface area contributed by atoms with Gasteiger partial charge in [-0.1, -0.05) is 28.9 Å². The zero-order valence-electron chi connectivity index (χ0n) is 8.95. The smallest absolute Gasteiger partial charge is 0.219 e. The van der Waals surface area contributed by atoms with Crippen LogP contribution in [-0.4, -0.2) is 22.8 Å². The van der Waals surface area contributed by atoms with E-state index in [4.69, 9.17) is 16.3 Å². The van der Waals surface area contributed by atoms with Gasteiger partial charge in [-0.15, -0.1) is 0 Å². The van der Waals surface area contributed by atoms with Crippen molar-refractivity contribution in [1.29, 1.82) is 0 Å². The van der Waals surface area contributed by atoms with Crippen LogP contribution < -0.4 is 4.74 Å². The molecule has 1 rings (SSSR count). The van der Waals surface area contributed by atoms with Crippen molar-refractivity contribution >= 4 is 23.4 Å². The molecular weight excluding hydrogens is 232 g/mol. The van der Waals surface area contributed by atoms with E-state index in [0.717, 1.165) is 0 Å². The van der Waals surface area contributed by atoms with Gasteiger partial charge in [0.15, 0.2) is 5.16 Å². The van der Waals surface area contributed by atoms with E-state index in [1.54, 1.807) is 6.07 Å². The minimum atomic E-state index is 0.404. The predicted molar refractivity (Wildman–Crippen MR) is 63.7 cm³/mol. The van der Waals surface area contributed by atoms with Gasteiger partial charge in [0.05, 0.1) is 0 Å². The maximum Gasteiger partial charge on any atom is 0.219 e. The number of ether oxygens (including phenoxy) is 1. The molecule has 0 amide bonds. The monoisotopic (exact) mass is 244 g/mol. The first-order valence-corrected chi connectivity index (χ1v) is 6.07. The standard InChI is InChI=1S/C10H13ClN2OS/c1-7(2)4-5-14-9-6-8(11)12-10(13-9)15-3/h4,6H,5H2,1-3H3. The molecule has 1 heterocycles. The summed E-state index contributed by atoms with van der Waals surface area (Å²) in [5, 5.41) is 1.02. The summed E-state index contributed by atoms with van der Waals surface area (Å²) >= 11 is 7.25. The number of aromatic nitrogens is 2. The van der Waals surface area contributed by atoms with Gasteiger partial charge in [0.2, 0.25) is 5.88 Å². The highest BCUT2D eigenvalue weighted by Crippen LogP contribution is 2.18. The van der Waals surface area contributed by atoms with Crippen molar-refractivity contribution in [3.05, 3.63) is 22.9 Å². The second-order valence-electron chi connectivity index (χ2n) is 3.11. The third-order valence-electron chi connectivity index (χ3n) is 1.56. The topological polar surface area (TPSA) is 35.0 Å². The number of hydrogen-bond acceptors (Lipinski definition) is 4. The van der Waals surface area contributed by atoms with Gasteiger partial charge in [0.25, 0.3) is 0 Å². The van der Waals surface area contributed by atoms with Crippen LogP contribution in [0.1, 0.15) is 13.8 Å². The quantitative estimate of drug-likeness (QED) is 0.353. The average Bonchev–Trinajstić information content (AvgIpc) is 2.16. The highest BCUT2D eigenvalue weighted by Gasteiger charge is 2.02. The molecule has 0 aliphatic carbocycles. The Morgan fingerprint density at radius 2 is 2.27 bits per heavy atom. The highest BCUT2D eigenvalue weighted by atomic mass is 35.5. The van der Waals surface area contributed by atoms with Crippen LogP contribution >= 0.6 is 23.4 Å². The molecule has 0 N–H and O–H groups in total. The summed E-state index contributed by atoms with van der Waals surface area (Å²) < 4.78 is 5.41.